The van der Waals surface area contributed by atoms with Gasteiger partial charge >= 0.3 is 0 Å². The standard InChI is InChI=1S/C27H26O5/c1-29-23-11-4-5-12-24(23)32-26-17-31-25-15-20(13-14-22(25)27(26)28)30-16-19-9-6-8-18-7-2-3-10-21(18)19/h2-12,17,20,22,25H,13-16H2,1H3. The van der Waals surface area contributed by atoms with Crippen molar-refractivity contribution >= 4 is 16.6 Å². The van der Waals surface area contributed by atoms with Crippen molar-refractivity contribution in [2.45, 2.75) is 38.1 Å². The fourth-order valence-corrected chi connectivity index (χ4v) is 4.61. The van der Waals surface area contributed by atoms with Gasteiger partial charge in [0.1, 0.15) is 12.4 Å². The molecule has 0 amide bonds. The number of rotatable bonds is 6. The normalized spacial score (nSPS) is 22.6. The minimum Gasteiger partial charge on any atom is -0.493 e. The second kappa shape index (κ2) is 9.05. The first-order valence-electron chi connectivity index (χ1n) is 11.0. The van der Waals surface area contributed by atoms with Crippen molar-refractivity contribution in [3.05, 3.63) is 84.3 Å². The van der Waals surface area contributed by atoms with Crippen LogP contribution in [0.4, 0.5) is 0 Å². The molecule has 0 N–H and O–H groups in total. The van der Waals surface area contributed by atoms with Gasteiger partial charge in [0.05, 0.1) is 25.7 Å². The van der Waals surface area contributed by atoms with Gasteiger partial charge < -0.3 is 18.9 Å². The first-order valence-corrected chi connectivity index (χ1v) is 11.0. The van der Waals surface area contributed by atoms with Gasteiger partial charge in [-0.1, -0.05) is 54.6 Å². The van der Waals surface area contributed by atoms with Crippen molar-refractivity contribution in [3.63, 3.8) is 0 Å². The molecule has 3 atom stereocenters. The molecule has 5 heteroatoms. The maximum atomic E-state index is 13.0. The summed E-state index contributed by atoms with van der Waals surface area (Å²) in [6.07, 6.45) is 3.56. The number of ether oxygens (including phenoxy) is 4. The zero-order chi connectivity index (χ0) is 21.9. The Bertz CT molecular complexity index is 1150. The first-order chi connectivity index (χ1) is 15.7. The number of Topliss-reactive ketones (excluding diaryl/α,β-unsaturated/α-hetero) is 1. The van der Waals surface area contributed by atoms with E-state index in [1.807, 2.05) is 18.2 Å². The van der Waals surface area contributed by atoms with Gasteiger partial charge in [0.2, 0.25) is 11.5 Å². The van der Waals surface area contributed by atoms with Gasteiger partial charge in [0.25, 0.3) is 0 Å². The Hall–Kier alpha value is -3.31. The van der Waals surface area contributed by atoms with Crippen LogP contribution in [0.2, 0.25) is 0 Å². The zero-order valence-corrected chi connectivity index (χ0v) is 18.0. The van der Waals surface area contributed by atoms with E-state index in [2.05, 4.69) is 36.4 Å². The molecule has 0 bridgehead atoms. The third-order valence-corrected chi connectivity index (χ3v) is 6.32. The van der Waals surface area contributed by atoms with Gasteiger partial charge in [0, 0.05) is 6.42 Å². The molecular formula is C27H26O5. The lowest BCUT2D eigenvalue weighted by atomic mass is 9.80. The van der Waals surface area contributed by atoms with E-state index in [0.717, 1.165) is 12.8 Å². The lowest BCUT2D eigenvalue weighted by molar-refractivity contribution is -0.134. The molecule has 164 valence electrons. The number of fused-ring (bicyclic) bond motifs is 2. The second-order valence-corrected chi connectivity index (χ2v) is 8.26. The summed E-state index contributed by atoms with van der Waals surface area (Å²) < 4.78 is 23.3. The molecule has 0 saturated heterocycles. The maximum Gasteiger partial charge on any atom is 0.208 e. The molecule has 2 aliphatic rings. The van der Waals surface area contributed by atoms with Crippen LogP contribution in [0.5, 0.6) is 11.5 Å². The number of para-hydroxylation sites is 2. The topological polar surface area (TPSA) is 54.0 Å². The minimum atomic E-state index is -0.206. The molecule has 0 radical (unpaired) electrons. The predicted molar refractivity (Wildman–Crippen MR) is 121 cm³/mol. The molecular weight excluding hydrogens is 404 g/mol. The first kappa shape index (κ1) is 20.6. The molecule has 1 aliphatic heterocycles. The highest BCUT2D eigenvalue weighted by atomic mass is 16.5. The van der Waals surface area contributed by atoms with Gasteiger partial charge in [-0.25, -0.2) is 0 Å². The molecule has 0 spiro atoms. The summed E-state index contributed by atoms with van der Waals surface area (Å²) in [6, 6.07) is 21.9. The van der Waals surface area contributed by atoms with Crippen LogP contribution >= 0.6 is 0 Å². The smallest absolute Gasteiger partial charge is 0.208 e. The summed E-state index contributed by atoms with van der Waals surface area (Å²) in [5.41, 5.74) is 1.18. The highest BCUT2D eigenvalue weighted by Crippen LogP contribution is 2.37. The van der Waals surface area contributed by atoms with E-state index in [1.165, 1.54) is 22.6 Å². The maximum absolute atomic E-state index is 13.0. The van der Waals surface area contributed by atoms with Gasteiger partial charge in [-0.3, -0.25) is 4.79 Å². The highest BCUT2D eigenvalue weighted by molar-refractivity contribution is 5.96. The zero-order valence-electron chi connectivity index (χ0n) is 18.0. The molecule has 3 aromatic carbocycles. The van der Waals surface area contributed by atoms with Crippen molar-refractivity contribution in [2.24, 2.45) is 5.92 Å². The highest BCUT2D eigenvalue weighted by Gasteiger charge is 2.41. The van der Waals surface area contributed by atoms with Gasteiger partial charge in [-0.2, -0.15) is 0 Å². The van der Waals surface area contributed by atoms with Crippen LogP contribution in [0.3, 0.4) is 0 Å². The van der Waals surface area contributed by atoms with Crippen molar-refractivity contribution in [2.75, 3.05) is 7.11 Å². The van der Waals surface area contributed by atoms with Gasteiger partial charge in [-0.15, -0.1) is 0 Å². The Morgan fingerprint density at radius 3 is 2.59 bits per heavy atom. The number of carbonyl (C=O) groups is 1. The van der Waals surface area contributed by atoms with Crippen LogP contribution in [0.25, 0.3) is 10.8 Å². The third-order valence-electron chi connectivity index (χ3n) is 6.32. The molecule has 3 unspecified atom stereocenters. The molecule has 5 rings (SSSR count). The molecule has 1 aliphatic carbocycles. The van der Waals surface area contributed by atoms with Crippen LogP contribution in [-0.4, -0.2) is 25.1 Å². The Morgan fingerprint density at radius 2 is 1.72 bits per heavy atom. The monoisotopic (exact) mass is 430 g/mol. The number of hydrogen-bond acceptors (Lipinski definition) is 5. The summed E-state index contributed by atoms with van der Waals surface area (Å²) in [5, 5.41) is 2.43. The van der Waals surface area contributed by atoms with Crippen LogP contribution in [0.15, 0.2) is 78.8 Å². The number of benzene rings is 3. The average molecular weight is 431 g/mol. The number of allylic oxidation sites excluding steroid dienone is 1. The van der Waals surface area contributed by atoms with E-state index in [4.69, 9.17) is 18.9 Å². The van der Waals surface area contributed by atoms with E-state index in [1.54, 1.807) is 19.2 Å². The van der Waals surface area contributed by atoms with Crippen molar-refractivity contribution in [3.8, 4) is 11.5 Å². The predicted octanol–water partition coefficient (Wildman–Crippen LogP) is 5.42. The molecule has 3 aromatic rings. The van der Waals surface area contributed by atoms with Crippen molar-refractivity contribution in [1.29, 1.82) is 0 Å². The van der Waals surface area contributed by atoms with Gasteiger partial charge in [-0.05, 0) is 41.3 Å². The Labute approximate surface area is 187 Å². The summed E-state index contributed by atoms with van der Waals surface area (Å²) >= 11 is 0. The summed E-state index contributed by atoms with van der Waals surface area (Å²) in [7, 11) is 1.57. The van der Waals surface area contributed by atoms with E-state index >= 15 is 0 Å². The molecule has 1 fully saturated rings. The Kier molecular flexibility index (Phi) is 5.82. The van der Waals surface area contributed by atoms with Crippen LogP contribution in [-0.2, 0) is 20.9 Å². The van der Waals surface area contributed by atoms with E-state index in [-0.39, 0.29) is 29.7 Å². The Morgan fingerprint density at radius 1 is 0.938 bits per heavy atom. The minimum absolute atomic E-state index is 0.0142. The second-order valence-electron chi connectivity index (χ2n) is 8.26. The quantitative estimate of drug-likeness (QED) is 0.523. The lowest BCUT2D eigenvalue weighted by Crippen LogP contribution is -2.42. The fraction of sp³-hybridized carbons (Fsp3) is 0.296. The number of methoxy groups -OCH3 is 1. The number of ketones is 1. The summed E-state index contributed by atoms with van der Waals surface area (Å²) in [4.78, 5) is 13.0. The molecule has 1 heterocycles. The summed E-state index contributed by atoms with van der Waals surface area (Å²) in [5.74, 6) is 1.09. The Balaban J connectivity index is 1.23. The van der Waals surface area contributed by atoms with Crippen LogP contribution in [0, 0.1) is 5.92 Å². The third kappa shape index (κ3) is 4.08. The van der Waals surface area contributed by atoms with Crippen molar-refractivity contribution in [1.82, 2.24) is 0 Å². The van der Waals surface area contributed by atoms with Crippen molar-refractivity contribution < 1.29 is 23.7 Å². The lowest BCUT2D eigenvalue weighted by Gasteiger charge is -2.37. The molecule has 0 aromatic heterocycles. The fourth-order valence-electron chi connectivity index (χ4n) is 4.61. The van der Waals surface area contributed by atoms with E-state index in [0.29, 0.717) is 24.5 Å². The molecule has 1 saturated carbocycles. The number of hydrogen-bond donors (Lipinski definition) is 0. The number of carbonyl (C=O) groups excluding carboxylic acids is 1. The SMILES string of the molecule is COc1ccccc1OC1=COC2CC(OCc3cccc4ccccc34)CCC2C1=O. The summed E-state index contributed by atoms with van der Waals surface area (Å²) in [6.45, 7) is 0.551. The van der Waals surface area contributed by atoms with Crippen LogP contribution < -0.4 is 9.47 Å². The largest absolute Gasteiger partial charge is 0.493 e. The van der Waals surface area contributed by atoms with E-state index in [9.17, 15) is 4.79 Å². The molecule has 5 nitrogen and oxygen atoms in total. The average Bonchev–Trinajstić information content (AvgIpc) is 2.84. The molecule has 32 heavy (non-hydrogen) atoms. The van der Waals surface area contributed by atoms with Crippen LogP contribution in [0.1, 0.15) is 24.8 Å². The van der Waals surface area contributed by atoms with E-state index < -0.39 is 0 Å². The van der Waals surface area contributed by atoms with Gasteiger partial charge in [0.15, 0.2) is 11.5 Å².